The van der Waals surface area contributed by atoms with Gasteiger partial charge in [-0.15, -0.1) is 12.4 Å². The number of hydrogen-bond acceptors (Lipinski definition) is 3. The topological polar surface area (TPSA) is 59.1 Å². The lowest BCUT2D eigenvalue weighted by Crippen LogP contribution is -2.14. The zero-order chi connectivity index (χ0) is 7.40. The first-order valence-electron chi connectivity index (χ1n) is 3.11. The summed E-state index contributed by atoms with van der Waals surface area (Å²) in [7, 11) is 0. The Hall–Kier alpha value is -0.640. The van der Waals surface area contributed by atoms with E-state index in [0.29, 0.717) is 0 Å². The number of halogens is 1. The van der Waals surface area contributed by atoms with Gasteiger partial charge < -0.3 is 10.8 Å². The molecule has 11 heavy (non-hydrogen) atoms. The van der Waals surface area contributed by atoms with Crippen LogP contribution in [0, 0.1) is 0 Å². The van der Waals surface area contributed by atoms with Crippen molar-refractivity contribution in [2.75, 3.05) is 6.61 Å². The first kappa shape index (κ1) is 10.4. The van der Waals surface area contributed by atoms with E-state index in [0.717, 1.165) is 5.56 Å². The van der Waals surface area contributed by atoms with Gasteiger partial charge in [0.1, 0.15) is 0 Å². The summed E-state index contributed by atoms with van der Waals surface area (Å²) >= 11 is 0. The number of rotatable bonds is 2. The Morgan fingerprint density at radius 3 is 2.82 bits per heavy atom. The standard InChI is InChI=1S/C7H10N2O.ClH/c8-7(5-10)6-2-1-3-9-4-6;/h1-4,7,10H,5,8H2;1H/t7-;/m1./s1. The van der Waals surface area contributed by atoms with Crippen LogP contribution < -0.4 is 5.73 Å². The number of nitrogens with two attached hydrogens (primary N) is 1. The molecule has 0 amide bonds. The first-order valence-corrected chi connectivity index (χ1v) is 3.11. The smallest absolute Gasteiger partial charge is 0.0624 e. The molecule has 1 atom stereocenters. The monoisotopic (exact) mass is 174 g/mol. The van der Waals surface area contributed by atoms with Crippen LogP contribution in [0.5, 0.6) is 0 Å². The highest BCUT2D eigenvalue weighted by atomic mass is 35.5. The second kappa shape index (κ2) is 5.07. The Bertz CT molecular complexity index is 193. The van der Waals surface area contributed by atoms with Crippen molar-refractivity contribution >= 4 is 12.4 Å². The number of pyridine rings is 1. The average molecular weight is 175 g/mol. The zero-order valence-corrected chi connectivity index (χ0v) is 6.79. The summed E-state index contributed by atoms with van der Waals surface area (Å²) in [4.78, 5) is 3.86. The quantitative estimate of drug-likeness (QED) is 0.687. The van der Waals surface area contributed by atoms with Gasteiger partial charge in [0.05, 0.1) is 12.6 Å². The molecule has 0 radical (unpaired) electrons. The van der Waals surface area contributed by atoms with Crippen LogP contribution in [0.3, 0.4) is 0 Å². The molecule has 0 fully saturated rings. The van der Waals surface area contributed by atoms with Gasteiger partial charge in [0.15, 0.2) is 0 Å². The van der Waals surface area contributed by atoms with Crippen LogP contribution in [0.1, 0.15) is 11.6 Å². The van der Waals surface area contributed by atoms with E-state index in [1.807, 2.05) is 6.07 Å². The Morgan fingerprint density at radius 1 is 1.64 bits per heavy atom. The molecule has 0 aromatic carbocycles. The predicted octanol–water partition coefficient (Wildman–Crippen LogP) is 0.496. The van der Waals surface area contributed by atoms with Gasteiger partial charge in [-0.2, -0.15) is 0 Å². The summed E-state index contributed by atoms with van der Waals surface area (Å²) in [6.07, 6.45) is 3.33. The first-order chi connectivity index (χ1) is 4.84. The number of hydrogen-bond donors (Lipinski definition) is 2. The van der Waals surface area contributed by atoms with Crippen LogP contribution in [0.4, 0.5) is 0 Å². The maximum atomic E-state index is 8.64. The molecule has 62 valence electrons. The number of aliphatic hydroxyl groups is 1. The Labute approximate surface area is 71.7 Å². The van der Waals surface area contributed by atoms with E-state index in [1.54, 1.807) is 18.5 Å². The van der Waals surface area contributed by atoms with Crippen molar-refractivity contribution < 1.29 is 5.11 Å². The van der Waals surface area contributed by atoms with Crippen molar-refractivity contribution in [2.24, 2.45) is 5.73 Å². The van der Waals surface area contributed by atoms with Crippen molar-refractivity contribution in [1.82, 2.24) is 4.98 Å². The van der Waals surface area contributed by atoms with E-state index in [-0.39, 0.29) is 25.1 Å². The van der Waals surface area contributed by atoms with Gasteiger partial charge in [-0.05, 0) is 11.6 Å². The minimum atomic E-state index is -0.298. The van der Waals surface area contributed by atoms with Gasteiger partial charge in [-0.1, -0.05) is 6.07 Å². The van der Waals surface area contributed by atoms with Gasteiger partial charge in [0.25, 0.3) is 0 Å². The number of aromatic nitrogens is 1. The average Bonchev–Trinajstić information content (AvgIpc) is 2.05. The minimum absolute atomic E-state index is 0. The summed E-state index contributed by atoms with van der Waals surface area (Å²) in [6.45, 7) is -0.0360. The van der Waals surface area contributed by atoms with Gasteiger partial charge in [0, 0.05) is 12.4 Å². The van der Waals surface area contributed by atoms with E-state index in [9.17, 15) is 0 Å². The predicted molar refractivity (Wildman–Crippen MR) is 45.5 cm³/mol. The molecule has 0 aliphatic rings. The fourth-order valence-corrected chi connectivity index (χ4v) is 0.701. The number of aliphatic hydroxyl groups excluding tert-OH is 1. The highest BCUT2D eigenvalue weighted by molar-refractivity contribution is 5.85. The second-order valence-electron chi connectivity index (χ2n) is 2.08. The van der Waals surface area contributed by atoms with Crippen molar-refractivity contribution in [3.05, 3.63) is 30.1 Å². The Kier molecular flexibility index (Phi) is 4.77. The molecule has 4 heteroatoms. The lowest BCUT2D eigenvalue weighted by atomic mass is 10.1. The molecule has 0 saturated heterocycles. The van der Waals surface area contributed by atoms with Crippen LogP contribution in [0.25, 0.3) is 0 Å². The summed E-state index contributed by atoms with van der Waals surface area (Å²) in [6, 6.07) is 3.34. The normalized spacial score (nSPS) is 11.8. The van der Waals surface area contributed by atoms with Gasteiger partial charge in [-0.25, -0.2) is 0 Å². The molecule has 1 aromatic rings. The van der Waals surface area contributed by atoms with E-state index in [4.69, 9.17) is 10.8 Å². The lowest BCUT2D eigenvalue weighted by molar-refractivity contribution is 0.268. The van der Waals surface area contributed by atoms with E-state index < -0.39 is 0 Å². The van der Waals surface area contributed by atoms with Gasteiger partial charge in [-0.3, -0.25) is 4.98 Å². The van der Waals surface area contributed by atoms with Crippen LogP contribution in [0.15, 0.2) is 24.5 Å². The van der Waals surface area contributed by atoms with E-state index in [2.05, 4.69) is 4.98 Å². The molecular formula is C7H11ClN2O. The molecule has 0 spiro atoms. The van der Waals surface area contributed by atoms with Gasteiger partial charge >= 0.3 is 0 Å². The minimum Gasteiger partial charge on any atom is -0.394 e. The zero-order valence-electron chi connectivity index (χ0n) is 5.97. The number of nitrogens with zero attached hydrogens (tertiary/aromatic N) is 1. The van der Waals surface area contributed by atoms with E-state index in [1.165, 1.54) is 0 Å². The third-order valence-electron chi connectivity index (χ3n) is 1.31. The fraction of sp³-hybridized carbons (Fsp3) is 0.286. The molecule has 3 nitrogen and oxygen atoms in total. The molecular weight excluding hydrogens is 164 g/mol. The molecule has 3 N–H and O–H groups in total. The van der Waals surface area contributed by atoms with Crippen molar-refractivity contribution in [1.29, 1.82) is 0 Å². The van der Waals surface area contributed by atoms with Crippen LogP contribution in [-0.2, 0) is 0 Å². The molecule has 1 heterocycles. The molecule has 0 saturated carbocycles. The summed E-state index contributed by atoms with van der Waals surface area (Å²) in [5.41, 5.74) is 6.37. The molecule has 1 rings (SSSR count). The summed E-state index contributed by atoms with van der Waals surface area (Å²) < 4.78 is 0. The van der Waals surface area contributed by atoms with Crippen LogP contribution in [0.2, 0.25) is 0 Å². The third-order valence-corrected chi connectivity index (χ3v) is 1.31. The SMILES string of the molecule is Cl.N[C@H](CO)c1cccnc1. The molecule has 0 aliphatic heterocycles. The highest BCUT2D eigenvalue weighted by Crippen LogP contribution is 2.05. The van der Waals surface area contributed by atoms with Crippen molar-refractivity contribution in [3.63, 3.8) is 0 Å². The molecule has 0 aliphatic carbocycles. The molecule has 0 unspecified atom stereocenters. The molecule has 0 bridgehead atoms. The summed E-state index contributed by atoms with van der Waals surface area (Å²) in [5.74, 6) is 0. The second-order valence-corrected chi connectivity index (χ2v) is 2.08. The maximum Gasteiger partial charge on any atom is 0.0624 e. The Morgan fingerprint density at radius 2 is 2.36 bits per heavy atom. The fourth-order valence-electron chi connectivity index (χ4n) is 0.701. The van der Waals surface area contributed by atoms with Crippen molar-refractivity contribution in [2.45, 2.75) is 6.04 Å². The van der Waals surface area contributed by atoms with Gasteiger partial charge in [0.2, 0.25) is 0 Å². The maximum absolute atomic E-state index is 8.64. The highest BCUT2D eigenvalue weighted by Gasteiger charge is 2.01. The van der Waals surface area contributed by atoms with Crippen LogP contribution in [-0.4, -0.2) is 16.7 Å². The molecule has 1 aromatic heterocycles. The van der Waals surface area contributed by atoms with Crippen molar-refractivity contribution in [3.8, 4) is 0 Å². The summed E-state index contributed by atoms with van der Waals surface area (Å²) in [5, 5.41) is 8.64. The Balaban J connectivity index is 0.000001000. The lowest BCUT2D eigenvalue weighted by Gasteiger charge is -2.05. The van der Waals surface area contributed by atoms with Crippen LogP contribution >= 0.6 is 12.4 Å². The third kappa shape index (κ3) is 2.84. The largest absolute Gasteiger partial charge is 0.394 e. The van der Waals surface area contributed by atoms with E-state index >= 15 is 0 Å².